The maximum Gasteiger partial charge on any atom is 0.241 e. The molecule has 1 aliphatic rings. The molecule has 0 unspecified atom stereocenters. The molecule has 2 rings (SSSR count). The Kier molecular flexibility index (Phi) is 6.02. The number of amides is 1. The molecule has 1 aliphatic heterocycles. The average Bonchev–Trinajstić information content (AvgIpc) is 3.00. The number of likely N-dealkylation sites (tertiary alicyclic amines) is 1. The van der Waals surface area contributed by atoms with Crippen molar-refractivity contribution in [2.75, 3.05) is 13.7 Å². The number of hydrogen-bond acceptors (Lipinski definition) is 4. The summed E-state index contributed by atoms with van der Waals surface area (Å²) < 4.78 is 18.7. The van der Waals surface area contributed by atoms with Gasteiger partial charge in [-0.25, -0.2) is 4.39 Å². The molecular formula is C19H26FN3O2. The number of benzene rings is 1. The Morgan fingerprint density at radius 3 is 2.68 bits per heavy atom. The Morgan fingerprint density at radius 1 is 1.48 bits per heavy atom. The molecule has 1 amide bonds. The molecule has 6 heteroatoms. The van der Waals surface area contributed by atoms with Gasteiger partial charge in [0.2, 0.25) is 5.91 Å². The fourth-order valence-electron chi connectivity index (χ4n) is 3.08. The Balaban J connectivity index is 1.99. The van der Waals surface area contributed by atoms with Crippen LogP contribution in [0, 0.1) is 16.7 Å². The number of rotatable bonds is 6. The first-order valence-electron chi connectivity index (χ1n) is 8.51. The standard InChI is InChI=1S/C19H26FN3O2/c1-19(2,9-8-13-4-6-16(25-3)7-5-13)17(22)18(24)23-12-14(20)10-15(23)11-21/h4-7,14-15,17H,8-10,12,22H2,1-3H3/t14-,15-,17+/m0/s1. The zero-order valence-electron chi connectivity index (χ0n) is 15.0. The zero-order valence-corrected chi connectivity index (χ0v) is 15.0. The second-order valence-corrected chi connectivity index (χ2v) is 7.28. The third-order valence-electron chi connectivity index (χ3n) is 5.01. The van der Waals surface area contributed by atoms with Crippen LogP contribution in [0.5, 0.6) is 5.75 Å². The van der Waals surface area contributed by atoms with Gasteiger partial charge in [0.25, 0.3) is 0 Å². The highest BCUT2D eigenvalue weighted by Gasteiger charge is 2.41. The van der Waals surface area contributed by atoms with E-state index >= 15 is 0 Å². The molecule has 25 heavy (non-hydrogen) atoms. The third kappa shape index (κ3) is 4.49. The van der Waals surface area contributed by atoms with Crippen LogP contribution < -0.4 is 10.5 Å². The molecule has 1 saturated heterocycles. The number of methoxy groups -OCH3 is 1. The first kappa shape index (κ1) is 19.2. The van der Waals surface area contributed by atoms with E-state index in [-0.39, 0.29) is 18.9 Å². The van der Waals surface area contributed by atoms with E-state index in [2.05, 4.69) is 0 Å². The lowest BCUT2D eigenvalue weighted by molar-refractivity contribution is -0.135. The summed E-state index contributed by atoms with van der Waals surface area (Å²) in [6.45, 7) is 3.83. The molecule has 0 radical (unpaired) electrons. The van der Waals surface area contributed by atoms with E-state index < -0.39 is 23.7 Å². The largest absolute Gasteiger partial charge is 0.497 e. The number of hydrogen-bond donors (Lipinski definition) is 1. The van der Waals surface area contributed by atoms with Crippen LogP contribution in [0.3, 0.4) is 0 Å². The summed E-state index contributed by atoms with van der Waals surface area (Å²) >= 11 is 0. The van der Waals surface area contributed by atoms with Gasteiger partial charge in [-0.15, -0.1) is 0 Å². The molecule has 3 atom stereocenters. The predicted molar refractivity (Wildman–Crippen MR) is 93.7 cm³/mol. The molecule has 0 saturated carbocycles. The lowest BCUT2D eigenvalue weighted by Crippen LogP contribution is -2.52. The van der Waals surface area contributed by atoms with Crippen LogP contribution in [0.25, 0.3) is 0 Å². The molecule has 0 aliphatic carbocycles. The van der Waals surface area contributed by atoms with Gasteiger partial charge in [-0.1, -0.05) is 26.0 Å². The summed E-state index contributed by atoms with van der Waals surface area (Å²) in [7, 11) is 1.62. The van der Waals surface area contributed by atoms with E-state index in [1.807, 2.05) is 44.2 Å². The van der Waals surface area contributed by atoms with E-state index in [0.717, 1.165) is 17.7 Å². The summed E-state index contributed by atoms with van der Waals surface area (Å²) in [4.78, 5) is 14.0. The number of ether oxygens (including phenoxy) is 1. The van der Waals surface area contributed by atoms with Gasteiger partial charge in [-0.05, 0) is 36.0 Å². The monoisotopic (exact) mass is 347 g/mol. The van der Waals surface area contributed by atoms with Crippen molar-refractivity contribution >= 4 is 5.91 Å². The number of carbonyl (C=O) groups is 1. The smallest absolute Gasteiger partial charge is 0.241 e. The van der Waals surface area contributed by atoms with Crippen molar-refractivity contribution in [3.8, 4) is 11.8 Å². The molecular weight excluding hydrogens is 321 g/mol. The van der Waals surface area contributed by atoms with Gasteiger partial charge in [0.05, 0.1) is 25.8 Å². The Morgan fingerprint density at radius 2 is 2.12 bits per heavy atom. The second kappa shape index (κ2) is 7.83. The lowest BCUT2D eigenvalue weighted by Gasteiger charge is -2.34. The quantitative estimate of drug-likeness (QED) is 0.857. The molecule has 0 spiro atoms. The van der Waals surface area contributed by atoms with Crippen LogP contribution in [0.2, 0.25) is 0 Å². The van der Waals surface area contributed by atoms with Crippen molar-refractivity contribution in [1.82, 2.24) is 4.90 Å². The van der Waals surface area contributed by atoms with Gasteiger partial charge in [-0.2, -0.15) is 5.26 Å². The summed E-state index contributed by atoms with van der Waals surface area (Å²) in [5.41, 5.74) is 6.87. The first-order chi connectivity index (χ1) is 11.8. The van der Waals surface area contributed by atoms with Crippen LogP contribution in [0.1, 0.15) is 32.3 Å². The molecule has 2 N–H and O–H groups in total. The summed E-state index contributed by atoms with van der Waals surface area (Å²) in [5.74, 6) is 0.457. The van der Waals surface area contributed by atoms with Crippen LogP contribution >= 0.6 is 0 Å². The van der Waals surface area contributed by atoms with Gasteiger partial charge >= 0.3 is 0 Å². The Bertz CT molecular complexity index is 639. The second-order valence-electron chi connectivity index (χ2n) is 7.28. The highest BCUT2D eigenvalue weighted by Crippen LogP contribution is 2.30. The number of carbonyl (C=O) groups excluding carboxylic acids is 1. The van der Waals surface area contributed by atoms with Crippen LogP contribution in [-0.2, 0) is 11.2 Å². The molecule has 1 aromatic rings. The minimum Gasteiger partial charge on any atom is -0.497 e. The average molecular weight is 347 g/mol. The topological polar surface area (TPSA) is 79.3 Å². The van der Waals surface area contributed by atoms with Crippen LogP contribution in [0.4, 0.5) is 4.39 Å². The van der Waals surface area contributed by atoms with E-state index in [1.54, 1.807) is 7.11 Å². The molecule has 136 valence electrons. The Hall–Kier alpha value is -2.13. The van der Waals surface area contributed by atoms with Gasteiger partial charge in [0, 0.05) is 6.42 Å². The molecule has 5 nitrogen and oxygen atoms in total. The van der Waals surface area contributed by atoms with Gasteiger partial charge in [0.15, 0.2) is 0 Å². The first-order valence-corrected chi connectivity index (χ1v) is 8.51. The van der Waals surface area contributed by atoms with Gasteiger partial charge in [-0.3, -0.25) is 4.79 Å². The predicted octanol–water partition coefficient (Wildman–Crippen LogP) is 2.44. The fraction of sp³-hybridized carbons (Fsp3) is 0.579. The zero-order chi connectivity index (χ0) is 18.6. The highest BCUT2D eigenvalue weighted by atomic mass is 19.1. The normalized spacial score (nSPS) is 21.7. The van der Waals surface area contributed by atoms with Crippen molar-refractivity contribution in [1.29, 1.82) is 5.26 Å². The van der Waals surface area contributed by atoms with Crippen LogP contribution in [0.15, 0.2) is 24.3 Å². The van der Waals surface area contributed by atoms with E-state index in [1.165, 1.54) is 4.90 Å². The minimum atomic E-state index is -1.15. The molecule has 1 aromatic carbocycles. The van der Waals surface area contributed by atoms with E-state index in [0.29, 0.717) is 6.42 Å². The number of aryl methyl sites for hydroxylation is 1. The summed E-state index contributed by atoms with van der Waals surface area (Å²) in [6, 6.07) is 8.29. The van der Waals surface area contributed by atoms with Crippen molar-refractivity contribution < 1.29 is 13.9 Å². The van der Waals surface area contributed by atoms with E-state index in [4.69, 9.17) is 15.7 Å². The number of halogens is 1. The number of nitrogens with two attached hydrogens (primary N) is 1. The van der Waals surface area contributed by atoms with Crippen molar-refractivity contribution in [2.24, 2.45) is 11.1 Å². The van der Waals surface area contributed by atoms with Crippen molar-refractivity contribution in [2.45, 2.75) is 51.4 Å². The SMILES string of the molecule is COc1ccc(CCC(C)(C)[C@H](N)C(=O)N2C[C@@H](F)C[C@H]2C#N)cc1. The fourth-order valence-corrected chi connectivity index (χ4v) is 3.08. The van der Waals surface area contributed by atoms with Gasteiger partial charge in [0.1, 0.15) is 18.0 Å². The summed E-state index contributed by atoms with van der Waals surface area (Å²) in [5, 5.41) is 9.12. The maximum absolute atomic E-state index is 13.6. The van der Waals surface area contributed by atoms with Crippen molar-refractivity contribution in [3.63, 3.8) is 0 Å². The lowest BCUT2D eigenvalue weighted by atomic mass is 9.79. The number of nitriles is 1. The van der Waals surface area contributed by atoms with E-state index in [9.17, 15) is 9.18 Å². The maximum atomic E-state index is 13.6. The Labute approximate surface area is 148 Å². The molecule has 0 aromatic heterocycles. The minimum absolute atomic E-state index is 0.0423. The molecule has 1 fully saturated rings. The van der Waals surface area contributed by atoms with Gasteiger partial charge < -0.3 is 15.4 Å². The molecule has 1 heterocycles. The number of nitrogens with zero attached hydrogens (tertiary/aromatic N) is 2. The third-order valence-corrected chi connectivity index (χ3v) is 5.01. The number of alkyl halides is 1. The van der Waals surface area contributed by atoms with Crippen LogP contribution in [-0.4, -0.2) is 42.7 Å². The van der Waals surface area contributed by atoms with Crippen molar-refractivity contribution in [3.05, 3.63) is 29.8 Å². The highest BCUT2D eigenvalue weighted by molar-refractivity contribution is 5.83. The summed E-state index contributed by atoms with van der Waals surface area (Å²) in [6.07, 6.45) is 0.395. The molecule has 0 bridgehead atoms.